The molecule has 0 atom stereocenters. The van der Waals surface area contributed by atoms with Crippen LogP contribution < -0.4 is 0 Å². The van der Waals surface area contributed by atoms with Gasteiger partial charge in [-0.25, -0.2) is 4.98 Å². The van der Waals surface area contributed by atoms with E-state index in [4.69, 9.17) is 9.40 Å². The quantitative estimate of drug-likeness (QED) is 0.415. The van der Waals surface area contributed by atoms with E-state index in [0.717, 1.165) is 44.5 Å². The van der Waals surface area contributed by atoms with Crippen LogP contribution in [0.2, 0.25) is 0 Å². The van der Waals surface area contributed by atoms with E-state index in [1.165, 1.54) is 0 Å². The number of nitrogens with zero attached hydrogens (tertiary/aromatic N) is 4. The van der Waals surface area contributed by atoms with Gasteiger partial charge in [-0.05, 0) is 30.3 Å². The lowest BCUT2D eigenvalue weighted by molar-refractivity contribution is 0.669. The zero-order valence-electron chi connectivity index (χ0n) is 14.8. The van der Waals surface area contributed by atoms with Crippen LogP contribution in [0.4, 0.5) is 0 Å². The summed E-state index contributed by atoms with van der Waals surface area (Å²) in [7, 11) is 0. The number of benzene rings is 3. The van der Waals surface area contributed by atoms with Crippen molar-refractivity contribution in [1.29, 1.82) is 0 Å². The van der Waals surface area contributed by atoms with Gasteiger partial charge in [-0.2, -0.15) is 5.10 Å². The Balaban J connectivity index is 1.74. The third-order valence-corrected chi connectivity index (χ3v) is 5.00. The summed E-state index contributed by atoms with van der Waals surface area (Å²) in [6, 6.07) is 26.3. The molecule has 28 heavy (non-hydrogen) atoms. The second kappa shape index (κ2) is 5.76. The van der Waals surface area contributed by atoms with Crippen molar-refractivity contribution in [2.45, 2.75) is 0 Å². The van der Waals surface area contributed by atoms with Crippen molar-refractivity contribution in [3.05, 3.63) is 85.1 Å². The van der Waals surface area contributed by atoms with Crippen LogP contribution in [0.25, 0.3) is 50.2 Å². The molecule has 6 rings (SSSR count). The van der Waals surface area contributed by atoms with Gasteiger partial charge in [-0.3, -0.25) is 4.57 Å². The molecule has 0 saturated carbocycles. The molecule has 0 radical (unpaired) electrons. The highest BCUT2D eigenvalue weighted by molar-refractivity contribution is 6.09. The predicted octanol–water partition coefficient (Wildman–Crippen LogP) is 5.38. The highest BCUT2D eigenvalue weighted by atomic mass is 16.3. The SMILES string of the molecule is c1ccc(-n2c(-c3cccc4c3oc3ccccc34)nc3nnccc32)cc1. The molecule has 6 aromatic rings. The number of rotatable bonds is 2. The molecule has 0 aliphatic rings. The zero-order valence-corrected chi connectivity index (χ0v) is 14.8. The second-order valence-corrected chi connectivity index (χ2v) is 6.63. The molecule has 0 amide bonds. The molecule has 0 N–H and O–H groups in total. The molecule has 0 aliphatic carbocycles. The Kier molecular flexibility index (Phi) is 3.10. The zero-order chi connectivity index (χ0) is 18.5. The third kappa shape index (κ3) is 2.10. The van der Waals surface area contributed by atoms with Crippen LogP contribution in [0.1, 0.15) is 0 Å². The van der Waals surface area contributed by atoms with E-state index in [9.17, 15) is 0 Å². The average Bonchev–Trinajstić information content (AvgIpc) is 3.33. The summed E-state index contributed by atoms with van der Waals surface area (Å²) in [6.07, 6.45) is 1.69. The van der Waals surface area contributed by atoms with E-state index in [1.54, 1.807) is 6.20 Å². The topological polar surface area (TPSA) is 56.7 Å². The second-order valence-electron chi connectivity index (χ2n) is 6.63. The lowest BCUT2D eigenvalue weighted by atomic mass is 10.1. The minimum absolute atomic E-state index is 0.606. The summed E-state index contributed by atoms with van der Waals surface area (Å²) < 4.78 is 8.34. The molecule has 0 bridgehead atoms. The van der Waals surface area contributed by atoms with Crippen molar-refractivity contribution in [2.75, 3.05) is 0 Å². The van der Waals surface area contributed by atoms with Crippen LogP contribution in [-0.4, -0.2) is 19.7 Å². The van der Waals surface area contributed by atoms with Gasteiger partial charge in [0.05, 0.1) is 17.3 Å². The number of para-hydroxylation sites is 3. The van der Waals surface area contributed by atoms with Crippen LogP contribution in [-0.2, 0) is 0 Å². The van der Waals surface area contributed by atoms with Crippen molar-refractivity contribution in [3.8, 4) is 17.1 Å². The summed E-state index contributed by atoms with van der Waals surface area (Å²) in [6.45, 7) is 0. The van der Waals surface area contributed by atoms with Crippen LogP contribution in [0, 0.1) is 0 Å². The van der Waals surface area contributed by atoms with E-state index in [-0.39, 0.29) is 0 Å². The number of hydrogen-bond acceptors (Lipinski definition) is 4. The van der Waals surface area contributed by atoms with Gasteiger partial charge in [0.1, 0.15) is 11.2 Å². The molecular formula is C23H14N4O. The molecule has 0 aliphatic heterocycles. The van der Waals surface area contributed by atoms with Crippen LogP contribution in [0.5, 0.6) is 0 Å². The molecule has 0 saturated heterocycles. The fourth-order valence-electron chi connectivity index (χ4n) is 3.78. The summed E-state index contributed by atoms with van der Waals surface area (Å²) in [5, 5.41) is 10.4. The number of imidazole rings is 1. The van der Waals surface area contributed by atoms with Crippen LogP contribution >= 0.6 is 0 Å². The van der Waals surface area contributed by atoms with Gasteiger partial charge in [0.25, 0.3) is 0 Å². The van der Waals surface area contributed by atoms with Gasteiger partial charge in [-0.1, -0.05) is 48.5 Å². The molecule has 0 fully saturated rings. The predicted molar refractivity (Wildman–Crippen MR) is 109 cm³/mol. The van der Waals surface area contributed by atoms with E-state index in [2.05, 4.69) is 39.0 Å². The molecule has 3 aromatic carbocycles. The summed E-state index contributed by atoms with van der Waals surface area (Å²) in [5.74, 6) is 0.784. The fourth-order valence-corrected chi connectivity index (χ4v) is 3.78. The van der Waals surface area contributed by atoms with E-state index in [1.807, 2.05) is 54.6 Å². The smallest absolute Gasteiger partial charge is 0.200 e. The Morgan fingerprint density at radius 1 is 0.750 bits per heavy atom. The highest BCUT2D eigenvalue weighted by Gasteiger charge is 2.19. The molecule has 0 spiro atoms. The molecule has 3 heterocycles. The molecule has 132 valence electrons. The lowest BCUT2D eigenvalue weighted by Gasteiger charge is -2.09. The van der Waals surface area contributed by atoms with Gasteiger partial charge < -0.3 is 4.42 Å². The molecule has 5 nitrogen and oxygen atoms in total. The molecule has 3 aromatic heterocycles. The van der Waals surface area contributed by atoms with Crippen molar-refractivity contribution in [2.24, 2.45) is 0 Å². The Morgan fingerprint density at radius 2 is 1.57 bits per heavy atom. The summed E-state index contributed by atoms with van der Waals surface area (Å²) >= 11 is 0. The molecule has 0 unspecified atom stereocenters. The lowest BCUT2D eigenvalue weighted by Crippen LogP contribution is -1.97. The van der Waals surface area contributed by atoms with Gasteiger partial charge in [0, 0.05) is 16.5 Å². The minimum atomic E-state index is 0.606. The number of furan rings is 1. The Morgan fingerprint density at radius 3 is 2.50 bits per heavy atom. The molecule has 5 heteroatoms. The Labute approximate surface area is 159 Å². The first-order valence-electron chi connectivity index (χ1n) is 9.06. The number of hydrogen-bond donors (Lipinski definition) is 0. The van der Waals surface area contributed by atoms with Gasteiger partial charge in [0.2, 0.25) is 5.65 Å². The van der Waals surface area contributed by atoms with Gasteiger partial charge in [-0.15, -0.1) is 5.10 Å². The summed E-state index contributed by atoms with van der Waals surface area (Å²) in [4.78, 5) is 4.81. The highest BCUT2D eigenvalue weighted by Crippen LogP contribution is 2.37. The van der Waals surface area contributed by atoms with Crippen molar-refractivity contribution in [3.63, 3.8) is 0 Å². The largest absolute Gasteiger partial charge is 0.455 e. The fraction of sp³-hybridized carbons (Fsp3) is 0. The standard InChI is InChI=1S/C23H14N4O/c1-2-7-15(8-3-1)27-19-13-14-24-26-22(19)25-23(27)18-11-6-10-17-16-9-4-5-12-20(16)28-21(17)18/h1-14H. The summed E-state index contributed by atoms with van der Waals surface area (Å²) in [5.41, 5.74) is 5.15. The van der Waals surface area contributed by atoms with E-state index >= 15 is 0 Å². The Bertz CT molecular complexity index is 1460. The number of fused-ring (bicyclic) bond motifs is 4. The Hall–Kier alpha value is -3.99. The van der Waals surface area contributed by atoms with E-state index in [0.29, 0.717) is 5.65 Å². The van der Waals surface area contributed by atoms with Crippen molar-refractivity contribution in [1.82, 2.24) is 19.7 Å². The van der Waals surface area contributed by atoms with Crippen LogP contribution in [0.3, 0.4) is 0 Å². The van der Waals surface area contributed by atoms with Crippen LogP contribution in [0.15, 0.2) is 89.5 Å². The first kappa shape index (κ1) is 15.1. The normalized spacial score (nSPS) is 11.6. The first-order chi connectivity index (χ1) is 13.9. The number of aromatic nitrogens is 4. The van der Waals surface area contributed by atoms with Gasteiger partial charge in [0.15, 0.2) is 5.82 Å². The van der Waals surface area contributed by atoms with E-state index < -0.39 is 0 Å². The van der Waals surface area contributed by atoms with Crippen molar-refractivity contribution < 1.29 is 4.42 Å². The van der Waals surface area contributed by atoms with Crippen molar-refractivity contribution >= 4 is 33.1 Å². The maximum Gasteiger partial charge on any atom is 0.200 e. The van der Waals surface area contributed by atoms with Gasteiger partial charge >= 0.3 is 0 Å². The first-order valence-corrected chi connectivity index (χ1v) is 9.06. The third-order valence-electron chi connectivity index (χ3n) is 5.00. The minimum Gasteiger partial charge on any atom is -0.455 e. The molecular weight excluding hydrogens is 348 g/mol. The maximum atomic E-state index is 6.24. The maximum absolute atomic E-state index is 6.24. The monoisotopic (exact) mass is 362 g/mol. The average molecular weight is 362 g/mol.